The van der Waals surface area contributed by atoms with Crippen LogP contribution in [0.1, 0.15) is 12.8 Å². The molecule has 2 nitrogen and oxygen atoms in total. The number of Topliss-reactive ketones (excluding diaryl/α,β-unsaturated/α-hetero) is 1. The van der Waals surface area contributed by atoms with Gasteiger partial charge >= 0.3 is 0 Å². The fourth-order valence-corrected chi connectivity index (χ4v) is 0.801. The van der Waals surface area contributed by atoms with Crippen LogP contribution in [0, 0.1) is 0 Å². The van der Waals surface area contributed by atoms with Crippen molar-refractivity contribution in [3.63, 3.8) is 0 Å². The normalized spacial score (nSPS) is 20.4. The predicted octanol–water partition coefficient (Wildman–Crippen LogP) is 1.36. The summed E-state index contributed by atoms with van der Waals surface area (Å²) >= 11 is 5.29. The fraction of sp³-hybridized carbons (Fsp3) is 0.400. The number of hydrogen-bond donors (Lipinski definition) is 1. The van der Waals surface area contributed by atoms with Crippen molar-refractivity contribution >= 4 is 17.4 Å². The lowest BCUT2D eigenvalue weighted by Crippen LogP contribution is -1.87. The molecule has 1 N–H and O–H groups in total. The predicted molar refractivity (Wildman–Crippen MR) is 29.7 cm³/mol. The molecule has 1 rings (SSSR count). The fourth-order valence-electron chi connectivity index (χ4n) is 0.612. The van der Waals surface area contributed by atoms with Crippen LogP contribution >= 0.6 is 11.6 Å². The molecule has 0 aromatic heterocycles. The van der Waals surface area contributed by atoms with Crippen LogP contribution < -0.4 is 0 Å². The van der Waals surface area contributed by atoms with Crippen LogP contribution in [0.3, 0.4) is 0 Å². The Kier molecular flexibility index (Phi) is 1.26. The van der Waals surface area contributed by atoms with Gasteiger partial charge in [0.1, 0.15) is 10.8 Å². The van der Waals surface area contributed by atoms with Crippen molar-refractivity contribution in [2.75, 3.05) is 0 Å². The largest absolute Gasteiger partial charge is 0.511 e. The molecule has 0 atom stereocenters. The molecule has 8 heavy (non-hydrogen) atoms. The van der Waals surface area contributed by atoms with Gasteiger partial charge in [-0.05, 0) is 0 Å². The van der Waals surface area contributed by atoms with Gasteiger partial charge in [0.25, 0.3) is 0 Å². The van der Waals surface area contributed by atoms with Gasteiger partial charge in [-0.15, -0.1) is 0 Å². The van der Waals surface area contributed by atoms with E-state index in [0.717, 1.165) is 0 Å². The van der Waals surface area contributed by atoms with Gasteiger partial charge in [-0.2, -0.15) is 0 Å². The quantitative estimate of drug-likeness (QED) is 0.540. The second-order valence-corrected chi connectivity index (χ2v) is 2.06. The highest BCUT2D eigenvalue weighted by atomic mass is 35.5. The van der Waals surface area contributed by atoms with E-state index in [1.54, 1.807) is 0 Å². The molecule has 0 aliphatic heterocycles. The third-order valence-corrected chi connectivity index (χ3v) is 1.52. The van der Waals surface area contributed by atoms with Crippen LogP contribution in [0.2, 0.25) is 0 Å². The first kappa shape index (κ1) is 5.63. The molecule has 0 spiro atoms. The molecule has 0 unspecified atom stereocenters. The molecule has 0 fully saturated rings. The zero-order valence-corrected chi connectivity index (χ0v) is 4.90. The molecule has 1 aliphatic carbocycles. The third kappa shape index (κ3) is 0.713. The molecule has 0 bridgehead atoms. The summed E-state index contributed by atoms with van der Waals surface area (Å²) in [6, 6.07) is 0. The second kappa shape index (κ2) is 1.78. The highest BCUT2D eigenvalue weighted by molar-refractivity contribution is 6.43. The van der Waals surface area contributed by atoms with E-state index in [0.29, 0.717) is 12.8 Å². The minimum absolute atomic E-state index is 0.0185. The highest BCUT2D eigenvalue weighted by Gasteiger charge is 2.19. The summed E-state index contributed by atoms with van der Waals surface area (Å²) < 4.78 is 0. The maximum Gasteiger partial charge on any atom is 0.178 e. The molecule has 0 amide bonds. The van der Waals surface area contributed by atoms with E-state index in [9.17, 15) is 4.79 Å². The molecular weight excluding hydrogens is 128 g/mol. The first-order valence-electron chi connectivity index (χ1n) is 2.32. The molecule has 0 aromatic rings. The van der Waals surface area contributed by atoms with Crippen molar-refractivity contribution in [2.24, 2.45) is 0 Å². The Hall–Kier alpha value is -0.500. The van der Waals surface area contributed by atoms with E-state index in [-0.39, 0.29) is 16.6 Å². The first-order valence-corrected chi connectivity index (χ1v) is 2.70. The highest BCUT2D eigenvalue weighted by Crippen LogP contribution is 2.22. The lowest BCUT2D eigenvalue weighted by Gasteiger charge is -1.83. The van der Waals surface area contributed by atoms with Gasteiger partial charge < -0.3 is 5.11 Å². The van der Waals surface area contributed by atoms with Crippen LogP contribution in [0.15, 0.2) is 10.8 Å². The number of ketones is 1. The van der Waals surface area contributed by atoms with Crippen molar-refractivity contribution in [2.45, 2.75) is 12.8 Å². The van der Waals surface area contributed by atoms with Crippen molar-refractivity contribution in [3.8, 4) is 0 Å². The summed E-state index contributed by atoms with van der Waals surface area (Å²) in [6.45, 7) is 0. The maximum absolute atomic E-state index is 10.4. The number of allylic oxidation sites excluding steroid dienone is 2. The average molecular weight is 133 g/mol. The van der Waals surface area contributed by atoms with Crippen LogP contribution in [0.4, 0.5) is 0 Å². The van der Waals surface area contributed by atoms with Crippen molar-refractivity contribution < 1.29 is 9.90 Å². The topological polar surface area (TPSA) is 37.3 Å². The van der Waals surface area contributed by atoms with Crippen LogP contribution in [-0.4, -0.2) is 10.9 Å². The van der Waals surface area contributed by atoms with Crippen LogP contribution in [0.25, 0.3) is 0 Å². The minimum Gasteiger partial charge on any atom is -0.511 e. The van der Waals surface area contributed by atoms with E-state index in [1.165, 1.54) is 0 Å². The third-order valence-electron chi connectivity index (χ3n) is 1.09. The smallest absolute Gasteiger partial charge is 0.178 e. The summed E-state index contributed by atoms with van der Waals surface area (Å²) in [5.41, 5.74) is 0. The second-order valence-electron chi connectivity index (χ2n) is 1.68. The number of aliphatic hydroxyl groups excluding tert-OH is 1. The zero-order valence-electron chi connectivity index (χ0n) is 4.15. The van der Waals surface area contributed by atoms with E-state index in [1.807, 2.05) is 0 Å². The average Bonchev–Trinajstić information content (AvgIpc) is 1.98. The van der Waals surface area contributed by atoms with Crippen molar-refractivity contribution in [1.29, 1.82) is 0 Å². The number of hydrogen-bond acceptors (Lipinski definition) is 2. The molecule has 0 aromatic carbocycles. The number of halogens is 1. The van der Waals surface area contributed by atoms with E-state index < -0.39 is 0 Å². The summed E-state index contributed by atoms with van der Waals surface area (Å²) in [7, 11) is 0. The van der Waals surface area contributed by atoms with Crippen LogP contribution in [-0.2, 0) is 4.79 Å². The summed E-state index contributed by atoms with van der Waals surface area (Å²) in [5.74, 6) is -0.110. The lowest BCUT2D eigenvalue weighted by molar-refractivity contribution is -0.114. The molecule has 0 saturated heterocycles. The molecule has 0 saturated carbocycles. The standard InChI is InChI=1S/C5H5ClO2/c6-5-3(7)1-2-4(5)8/h7H,1-2H2. The lowest BCUT2D eigenvalue weighted by atomic mass is 10.3. The van der Waals surface area contributed by atoms with Gasteiger partial charge in [0.15, 0.2) is 5.78 Å². The summed E-state index contributed by atoms with van der Waals surface area (Å²) in [4.78, 5) is 10.4. The van der Waals surface area contributed by atoms with Gasteiger partial charge in [-0.3, -0.25) is 4.79 Å². The number of rotatable bonds is 0. The van der Waals surface area contributed by atoms with Crippen molar-refractivity contribution in [3.05, 3.63) is 10.8 Å². The molecule has 1 aliphatic rings. The van der Waals surface area contributed by atoms with E-state index in [4.69, 9.17) is 16.7 Å². The monoisotopic (exact) mass is 132 g/mol. The first-order chi connectivity index (χ1) is 3.72. The molecule has 44 valence electrons. The van der Waals surface area contributed by atoms with E-state index in [2.05, 4.69) is 0 Å². The number of carbonyl (C=O) groups is 1. The number of aliphatic hydroxyl groups is 1. The van der Waals surface area contributed by atoms with Gasteiger partial charge in [0, 0.05) is 12.8 Å². The zero-order chi connectivity index (χ0) is 6.15. The Labute approximate surface area is 51.8 Å². The number of carbonyl (C=O) groups excluding carboxylic acids is 1. The van der Waals surface area contributed by atoms with Gasteiger partial charge in [-0.25, -0.2) is 0 Å². The maximum atomic E-state index is 10.4. The SMILES string of the molecule is O=C1CCC(O)=C1Cl. The molecule has 0 radical (unpaired) electrons. The van der Waals surface area contributed by atoms with Crippen LogP contribution in [0.5, 0.6) is 0 Å². The van der Waals surface area contributed by atoms with Crippen molar-refractivity contribution in [1.82, 2.24) is 0 Å². The summed E-state index contributed by atoms with van der Waals surface area (Å²) in [6.07, 6.45) is 0.780. The van der Waals surface area contributed by atoms with E-state index >= 15 is 0 Å². The molecule has 3 heteroatoms. The molecular formula is C5H5ClO2. The Morgan fingerprint density at radius 2 is 2.12 bits per heavy atom. The Bertz CT molecular complexity index is 160. The molecule has 0 heterocycles. The van der Waals surface area contributed by atoms with Gasteiger partial charge in [0.05, 0.1) is 0 Å². The Morgan fingerprint density at radius 3 is 2.25 bits per heavy atom. The van der Waals surface area contributed by atoms with Gasteiger partial charge in [-0.1, -0.05) is 11.6 Å². The Morgan fingerprint density at radius 1 is 1.50 bits per heavy atom. The Balaban J connectivity index is 2.86. The summed E-state index contributed by atoms with van der Waals surface area (Å²) in [5, 5.41) is 8.71. The van der Waals surface area contributed by atoms with Gasteiger partial charge in [0.2, 0.25) is 0 Å². The minimum atomic E-state index is -0.149.